The fourth-order valence-electron chi connectivity index (χ4n) is 7.27. The molecule has 9 rings (SSSR count). The SMILES string of the molecule is c1ccc(N(c2ccccc2)c2ccc3cc(-c4ccccc4-c4ccc5cc(N(c6ccccc6)c6ccccc6)ccc5c4)ccc3c2)cc1. The summed E-state index contributed by atoms with van der Waals surface area (Å²) in [7, 11) is 0. The number of anilines is 6. The molecule has 52 heavy (non-hydrogen) atoms. The lowest BCUT2D eigenvalue weighted by Crippen LogP contribution is -2.09. The van der Waals surface area contributed by atoms with Crippen molar-refractivity contribution in [2.75, 3.05) is 9.80 Å². The summed E-state index contributed by atoms with van der Waals surface area (Å²) in [5, 5.41) is 4.84. The van der Waals surface area contributed by atoms with E-state index in [2.05, 4.69) is 228 Å². The zero-order valence-electron chi connectivity index (χ0n) is 28.7. The predicted molar refractivity (Wildman–Crippen MR) is 222 cm³/mol. The fraction of sp³-hybridized carbons (Fsp3) is 0. The lowest BCUT2D eigenvalue weighted by atomic mass is 9.92. The van der Waals surface area contributed by atoms with Crippen LogP contribution in [0.4, 0.5) is 34.1 Å². The number of rotatable bonds is 8. The van der Waals surface area contributed by atoms with Gasteiger partial charge in [0.1, 0.15) is 0 Å². The molecule has 0 heterocycles. The van der Waals surface area contributed by atoms with E-state index in [4.69, 9.17) is 0 Å². The number of nitrogens with zero attached hydrogens (tertiary/aromatic N) is 2. The van der Waals surface area contributed by atoms with E-state index in [0.29, 0.717) is 0 Å². The van der Waals surface area contributed by atoms with E-state index in [1.807, 2.05) is 0 Å². The quantitative estimate of drug-likeness (QED) is 0.159. The van der Waals surface area contributed by atoms with Crippen molar-refractivity contribution < 1.29 is 0 Å². The first-order valence-corrected chi connectivity index (χ1v) is 17.8. The minimum atomic E-state index is 1.13. The minimum Gasteiger partial charge on any atom is -0.310 e. The van der Waals surface area contributed by atoms with Crippen LogP contribution in [0.25, 0.3) is 43.8 Å². The van der Waals surface area contributed by atoms with Gasteiger partial charge in [-0.1, -0.05) is 133 Å². The van der Waals surface area contributed by atoms with Crippen molar-refractivity contribution in [2.24, 2.45) is 0 Å². The van der Waals surface area contributed by atoms with Crippen LogP contribution in [0.1, 0.15) is 0 Å². The van der Waals surface area contributed by atoms with Crippen LogP contribution in [-0.2, 0) is 0 Å². The van der Waals surface area contributed by atoms with E-state index >= 15 is 0 Å². The van der Waals surface area contributed by atoms with Crippen LogP contribution in [0.15, 0.2) is 218 Å². The molecule has 0 amide bonds. The highest BCUT2D eigenvalue weighted by Crippen LogP contribution is 2.40. The molecule has 0 unspecified atom stereocenters. The van der Waals surface area contributed by atoms with Crippen LogP contribution in [-0.4, -0.2) is 0 Å². The Morgan fingerprint density at radius 1 is 0.212 bits per heavy atom. The van der Waals surface area contributed by atoms with Gasteiger partial charge in [0, 0.05) is 34.1 Å². The first-order chi connectivity index (χ1) is 25.8. The molecule has 0 fully saturated rings. The predicted octanol–water partition coefficient (Wildman–Crippen LogP) is 14.3. The molecule has 0 radical (unpaired) electrons. The first kappa shape index (κ1) is 31.1. The van der Waals surface area contributed by atoms with Crippen molar-refractivity contribution in [1.29, 1.82) is 0 Å². The lowest BCUT2D eigenvalue weighted by molar-refractivity contribution is 1.29. The van der Waals surface area contributed by atoms with E-state index in [0.717, 1.165) is 34.1 Å². The highest BCUT2D eigenvalue weighted by molar-refractivity contribution is 5.97. The van der Waals surface area contributed by atoms with Gasteiger partial charge in [-0.2, -0.15) is 0 Å². The van der Waals surface area contributed by atoms with Gasteiger partial charge in [-0.15, -0.1) is 0 Å². The second kappa shape index (κ2) is 13.8. The van der Waals surface area contributed by atoms with Crippen LogP contribution >= 0.6 is 0 Å². The van der Waals surface area contributed by atoms with Crippen molar-refractivity contribution in [3.05, 3.63) is 218 Å². The Hall–Kier alpha value is -6.90. The maximum absolute atomic E-state index is 2.32. The average Bonchev–Trinajstić information content (AvgIpc) is 3.22. The van der Waals surface area contributed by atoms with Gasteiger partial charge in [-0.3, -0.25) is 0 Å². The van der Waals surface area contributed by atoms with Crippen molar-refractivity contribution >= 4 is 55.7 Å². The summed E-state index contributed by atoms with van der Waals surface area (Å²) >= 11 is 0. The summed E-state index contributed by atoms with van der Waals surface area (Å²) in [5.74, 6) is 0. The molecule has 0 aliphatic rings. The smallest absolute Gasteiger partial charge is 0.0468 e. The van der Waals surface area contributed by atoms with Gasteiger partial charge in [0.05, 0.1) is 0 Å². The van der Waals surface area contributed by atoms with Crippen molar-refractivity contribution in [1.82, 2.24) is 0 Å². The fourth-order valence-corrected chi connectivity index (χ4v) is 7.27. The van der Waals surface area contributed by atoms with Crippen LogP contribution in [0.3, 0.4) is 0 Å². The van der Waals surface area contributed by atoms with Gasteiger partial charge in [-0.25, -0.2) is 0 Å². The van der Waals surface area contributed by atoms with Crippen molar-refractivity contribution in [3.63, 3.8) is 0 Å². The normalized spacial score (nSPS) is 11.1. The van der Waals surface area contributed by atoms with E-state index in [1.165, 1.54) is 43.8 Å². The Kier molecular flexibility index (Phi) is 8.24. The van der Waals surface area contributed by atoms with E-state index in [9.17, 15) is 0 Å². The molecule has 2 nitrogen and oxygen atoms in total. The summed E-state index contributed by atoms with van der Waals surface area (Å²) < 4.78 is 0. The third kappa shape index (κ3) is 6.08. The van der Waals surface area contributed by atoms with Gasteiger partial charge in [0.15, 0.2) is 0 Å². The molecule has 246 valence electrons. The van der Waals surface area contributed by atoms with Crippen LogP contribution in [0.2, 0.25) is 0 Å². The monoisotopic (exact) mass is 664 g/mol. The maximum Gasteiger partial charge on any atom is 0.0468 e. The standard InChI is InChI=1S/C50H36N2/c1-5-15-43(16-6-1)51(44-17-7-2-8-18-44)47-31-29-37-33-41(27-25-39(37)35-47)49-23-13-14-24-50(49)42-28-26-40-36-48(32-30-38(40)34-42)52(45-19-9-3-10-20-45)46-21-11-4-12-22-46/h1-36H. The minimum absolute atomic E-state index is 1.13. The topological polar surface area (TPSA) is 6.48 Å². The summed E-state index contributed by atoms with van der Waals surface area (Å²) in [4.78, 5) is 4.62. The molecular formula is C50H36N2. The number of hydrogen-bond acceptors (Lipinski definition) is 2. The third-order valence-electron chi connectivity index (χ3n) is 9.77. The number of fused-ring (bicyclic) bond motifs is 2. The molecule has 0 saturated heterocycles. The summed E-state index contributed by atoms with van der Waals surface area (Å²) in [6.07, 6.45) is 0. The molecule has 0 saturated carbocycles. The van der Waals surface area contributed by atoms with Crippen LogP contribution in [0.5, 0.6) is 0 Å². The van der Waals surface area contributed by atoms with Crippen molar-refractivity contribution in [3.8, 4) is 22.3 Å². The van der Waals surface area contributed by atoms with Crippen LogP contribution < -0.4 is 9.80 Å². The first-order valence-electron chi connectivity index (χ1n) is 17.8. The average molecular weight is 665 g/mol. The summed E-state index contributed by atoms with van der Waals surface area (Å²) in [5.41, 5.74) is 11.7. The van der Waals surface area contributed by atoms with Gasteiger partial charge in [0.2, 0.25) is 0 Å². The Bertz CT molecular complexity index is 2350. The molecular weight excluding hydrogens is 629 g/mol. The maximum atomic E-state index is 2.32. The zero-order valence-corrected chi connectivity index (χ0v) is 28.7. The molecule has 0 aliphatic heterocycles. The molecule has 9 aromatic carbocycles. The molecule has 0 bridgehead atoms. The number of hydrogen-bond donors (Lipinski definition) is 0. The highest BCUT2D eigenvalue weighted by Gasteiger charge is 2.15. The molecule has 0 spiro atoms. The molecule has 2 heteroatoms. The highest BCUT2D eigenvalue weighted by atomic mass is 15.1. The van der Waals surface area contributed by atoms with Gasteiger partial charge >= 0.3 is 0 Å². The molecule has 0 atom stereocenters. The third-order valence-corrected chi connectivity index (χ3v) is 9.77. The second-order valence-electron chi connectivity index (χ2n) is 13.1. The molecule has 0 aromatic heterocycles. The van der Waals surface area contributed by atoms with Gasteiger partial charge in [-0.05, 0) is 129 Å². The van der Waals surface area contributed by atoms with E-state index in [1.54, 1.807) is 0 Å². The van der Waals surface area contributed by atoms with Crippen molar-refractivity contribution in [2.45, 2.75) is 0 Å². The lowest BCUT2D eigenvalue weighted by Gasteiger charge is -2.25. The Morgan fingerprint density at radius 2 is 0.500 bits per heavy atom. The molecule has 0 N–H and O–H groups in total. The largest absolute Gasteiger partial charge is 0.310 e. The molecule has 9 aromatic rings. The Labute approximate surface area is 305 Å². The summed E-state index contributed by atoms with van der Waals surface area (Å²) in [6.45, 7) is 0. The second-order valence-corrected chi connectivity index (χ2v) is 13.1. The van der Waals surface area contributed by atoms with Gasteiger partial charge < -0.3 is 9.80 Å². The number of benzene rings is 9. The van der Waals surface area contributed by atoms with Crippen LogP contribution in [0, 0.1) is 0 Å². The Balaban J connectivity index is 1.06. The summed E-state index contributed by atoms with van der Waals surface area (Å²) in [6, 6.07) is 78.2. The van der Waals surface area contributed by atoms with E-state index < -0.39 is 0 Å². The van der Waals surface area contributed by atoms with E-state index in [-0.39, 0.29) is 0 Å². The number of para-hydroxylation sites is 4. The Morgan fingerprint density at radius 3 is 0.846 bits per heavy atom. The molecule has 0 aliphatic carbocycles. The van der Waals surface area contributed by atoms with Gasteiger partial charge in [0.25, 0.3) is 0 Å². The zero-order chi connectivity index (χ0) is 34.7.